The zero-order valence-corrected chi connectivity index (χ0v) is 15.1. The van der Waals surface area contributed by atoms with E-state index in [2.05, 4.69) is 18.7 Å². The minimum Gasteiger partial charge on any atom is -0.342 e. The summed E-state index contributed by atoms with van der Waals surface area (Å²) in [7, 11) is 0. The van der Waals surface area contributed by atoms with Crippen LogP contribution in [-0.4, -0.2) is 30.4 Å². The highest BCUT2D eigenvalue weighted by Gasteiger charge is 2.63. The number of hydrogen-bond acceptors (Lipinski definition) is 2. The average Bonchev–Trinajstić information content (AvgIpc) is 2.43. The van der Waals surface area contributed by atoms with Gasteiger partial charge in [0, 0.05) is 13.1 Å². The second kappa shape index (κ2) is 5.21. The van der Waals surface area contributed by atoms with E-state index in [1.54, 1.807) is 0 Å². The molecule has 0 aromatic heterocycles. The third kappa shape index (κ3) is 2.63. The number of nitrogens with two attached hydrogens (primary N) is 1. The molecule has 23 heavy (non-hydrogen) atoms. The highest BCUT2D eigenvalue weighted by molar-refractivity contribution is 5.83. The molecule has 5 rings (SSSR count). The van der Waals surface area contributed by atoms with Gasteiger partial charge in [-0.2, -0.15) is 0 Å². The van der Waals surface area contributed by atoms with Crippen LogP contribution in [0.1, 0.15) is 71.6 Å². The Morgan fingerprint density at radius 1 is 1.13 bits per heavy atom. The number of carbonyl (C=O) groups is 1. The third-order valence-corrected chi connectivity index (χ3v) is 7.46. The van der Waals surface area contributed by atoms with Gasteiger partial charge in [0.2, 0.25) is 5.91 Å². The molecule has 0 aromatic rings. The van der Waals surface area contributed by atoms with Crippen molar-refractivity contribution in [3.8, 4) is 0 Å². The maximum Gasteiger partial charge on any atom is 0.228 e. The molecule has 0 spiro atoms. The van der Waals surface area contributed by atoms with Crippen molar-refractivity contribution in [2.24, 2.45) is 33.8 Å². The Morgan fingerprint density at radius 3 is 2.43 bits per heavy atom. The molecule has 4 bridgehead atoms. The SMILES string of the molecule is CC12CC3CC(C)(C1)CC(C(=O)N1CCCC(CCN)C1)(C3)C2. The van der Waals surface area contributed by atoms with Gasteiger partial charge in [-0.1, -0.05) is 13.8 Å². The summed E-state index contributed by atoms with van der Waals surface area (Å²) >= 11 is 0. The first-order valence-electron chi connectivity index (χ1n) is 9.85. The van der Waals surface area contributed by atoms with Crippen LogP contribution in [0.15, 0.2) is 0 Å². The van der Waals surface area contributed by atoms with Gasteiger partial charge in [-0.05, 0) is 87.0 Å². The second-order valence-corrected chi connectivity index (χ2v) is 10.2. The lowest BCUT2D eigenvalue weighted by Gasteiger charge is -2.65. The van der Waals surface area contributed by atoms with Crippen molar-refractivity contribution in [2.45, 2.75) is 71.6 Å². The first kappa shape index (κ1) is 15.9. The van der Waals surface area contributed by atoms with Crippen LogP contribution in [0.4, 0.5) is 0 Å². The Hall–Kier alpha value is -0.570. The van der Waals surface area contributed by atoms with E-state index >= 15 is 0 Å². The van der Waals surface area contributed by atoms with Gasteiger partial charge < -0.3 is 10.6 Å². The molecule has 1 heterocycles. The summed E-state index contributed by atoms with van der Waals surface area (Å²) in [4.78, 5) is 15.8. The Bertz CT molecular complexity index is 482. The standard InChI is InChI=1S/C20H34N2O/c1-18-8-16-9-19(2,12-18)14-20(10-16,13-18)17(23)22-7-3-4-15(11-22)5-6-21/h15-16H,3-14,21H2,1-2H3. The van der Waals surface area contributed by atoms with E-state index in [0.29, 0.717) is 22.7 Å². The van der Waals surface area contributed by atoms with Crippen LogP contribution >= 0.6 is 0 Å². The summed E-state index contributed by atoms with van der Waals surface area (Å²) < 4.78 is 0. The maximum atomic E-state index is 13.6. The fourth-order valence-electron chi connectivity index (χ4n) is 7.74. The monoisotopic (exact) mass is 318 g/mol. The Labute approximate surface area is 141 Å². The number of nitrogens with zero attached hydrogens (tertiary/aromatic N) is 1. The van der Waals surface area contributed by atoms with Crippen LogP contribution in [0.3, 0.4) is 0 Å². The van der Waals surface area contributed by atoms with Crippen molar-refractivity contribution in [2.75, 3.05) is 19.6 Å². The molecule has 130 valence electrons. The van der Waals surface area contributed by atoms with Crippen LogP contribution in [-0.2, 0) is 4.79 Å². The van der Waals surface area contributed by atoms with Crippen molar-refractivity contribution >= 4 is 5.91 Å². The van der Waals surface area contributed by atoms with E-state index in [4.69, 9.17) is 5.73 Å². The Kier molecular flexibility index (Phi) is 3.61. The van der Waals surface area contributed by atoms with Crippen molar-refractivity contribution in [3.05, 3.63) is 0 Å². The fraction of sp³-hybridized carbons (Fsp3) is 0.950. The first-order chi connectivity index (χ1) is 10.9. The predicted molar refractivity (Wildman–Crippen MR) is 92.8 cm³/mol. The van der Waals surface area contributed by atoms with Crippen molar-refractivity contribution in [3.63, 3.8) is 0 Å². The fourth-order valence-corrected chi connectivity index (χ4v) is 7.74. The van der Waals surface area contributed by atoms with Crippen LogP contribution in [0.25, 0.3) is 0 Å². The molecule has 5 aliphatic rings. The number of carbonyl (C=O) groups excluding carboxylic acids is 1. The lowest BCUT2D eigenvalue weighted by molar-refractivity contribution is -0.180. The summed E-state index contributed by atoms with van der Waals surface area (Å²) in [5.41, 5.74) is 6.59. The quantitative estimate of drug-likeness (QED) is 0.864. The summed E-state index contributed by atoms with van der Waals surface area (Å²) in [6.45, 7) is 7.64. The molecule has 3 unspecified atom stereocenters. The maximum absolute atomic E-state index is 13.6. The van der Waals surface area contributed by atoms with Gasteiger partial charge in [-0.3, -0.25) is 4.79 Å². The van der Waals surface area contributed by atoms with Crippen LogP contribution in [0, 0.1) is 28.1 Å². The molecule has 3 nitrogen and oxygen atoms in total. The minimum atomic E-state index is -0.0203. The van der Waals surface area contributed by atoms with Gasteiger partial charge >= 0.3 is 0 Å². The Balaban J connectivity index is 1.56. The average molecular weight is 319 g/mol. The highest BCUT2D eigenvalue weighted by Crippen LogP contribution is 2.69. The number of piperidine rings is 1. The van der Waals surface area contributed by atoms with E-state index in [0.717, 1.165) is 44.8 Å². The zero-order chi connectivity index (χ0) is 16.3. The summed E-state index contributed by atoms with van der Waals surface area (Å²) in [5, 5.41) is 0. The molecule has 4 saturated carbocycles. The van der Waals surface area contributed by atoms with Crippen LogP contribution < -0.4 is 5.73 Å². The van der Waals surface area contributed by atoms with Gasteiger partial charge in [0.05, 0.1) is 5.41 Å². The molecule has 1 aliphatic heterocycles. The molecular weight excluding hydrogens is 284 g/mol. The van der Waals surface area contributed by atoms with E-state index in [1.165, 1.54) is 38.5 Å². The molecule has 3 heteroatoms. The zero-order valence-electron chi connectivity index (χ0n) is 15.1. The molecule has 0 aromatic carbocycles. The smallest absolute Gasteiger partial charge is 0.228 e. The normalized spacial score (nSPS) is 48.7. The molecule has 1 saturated heterocycles. The predicted octanol–water partition coefficient (Wildman–Crippen LogP) is 3.57. The van der Waals surface area contributed by atoms with Gasteiger partial charge in [0.1, 0.15) is 0 Å². The molecule has 2 N–H and O–H groups in total. The van der Waals surface area contributed by atoms with Crippen molar-refractivity contribution < 1.29 is 4.79 Å². The molecule has 1 amide bonds. The van der Waals surface area contributed by atoms with Gasteiger partial charge in [0.25, 0.3) is 0 Å². The number of hydrogen-bond donors (Lipinski definition) is 1. The summed E-state index contributed by atoms with van der Waals surface area (Å²) in [5.74, 6) is 1.95. The van der Waals surface area contributed by atoms with Crippen LogP contribution in [0.5, 0.6) is 0 Å². The van der Waals surface area contributed by atoms with Crippen molar-refractivity contribution in [1.29, 1.82) is 0 Å². The summed E-state index contributed by atoms with van der Waals surface area (Å²) in [6.07, 6.45) is 11.1. The molecule has 0 radical (unpaired) electrons. The number of rotatable bonds is 3. The largest absolute Gasteiger partial charge is 0.342 e. The third-order valence-electron chi connectivity index (χ3n) is 7.46. The number of amides is 1. The lowest BCUT2D eigenvalue weighted by Crippen LogP contribution is -2.61. The molecule has 3 atom stereocenters. The van der Waals surface area contributed by atoms with E-state index in [-0.39, 0.29) is 5.41 Å². The first-order valence-corrected chi connectivity index (χ1v) is 9.85. The second-order valence-electron chi connectivity index (χ2n) is 10.2. The topological polar surface area (TPSA) is 46.3 Å². The van der Waals surface area contributed by atoms with Gasteiger partial charge in [-0.25, -0.2) is 0 Å². The number of likely N-dealkylation sites (tertiary alicyclic amines) is 1. The van der Waals surface area contributed by atoms with E-state index < -0.39 is 0 Å². The van der Waals surface area contributed by atoms with Gasteiger partial charge in [-0.15, -0.1) is 0 Å². The van der Waals surface area contributed by atoms with Crippen LogP contribution in [0.2, 0.25) is 0 Å². The van der Waals surface area contributed by atoms with Gasteiger partial charge in [0.15, 0.2) is 0 Å². The highest BCUT2D eigenvalue weighted by atomic mass is 16.2. The molecule has 5 fully saturated rings. The van der Waals surface area contributed by atoms with Crippen molar-refractivity contribution in [1.82, 2.24) is 4.90 Å². The van der Waals surface area contributed by atoms with E-state index in [1.807, 2.05) is 0 Å². The van der Waals surface area contributed by atoms with E-state index in [9.17, 15) is 4.79 Å². The lowest BCUT2D eigenvalue weighted by atomic mass is 9.40. The minimum absolute atomic E-state index is 0.0203. The molecular formula is C20H34N2O. The Morgan fingerprint density at radius 2 is 1.83 bits per heavy atom. The summed E-state index contributed by atoms with van der Waals surface area (Å²) in [6, 6.07) is 0. The molecule has 4 aliphatic carbocycles.